The van der Waals surface area contributed by atoms with Crippen molar-refractivity contribution in [2.45, 2.75) is 26.8 Å². The van der Waals surface area contributed by atoms with Gasteiger partial charge in [0, 0.05) is 5.02 Å². The molecule has 0 aliphatic heterocycles. The number of nitrogens with one attached hydrogen (secondary N) is 1. The van der Waals surface area contributed by atoms with Crippen LogP contribution in [0.4, 0.5) is 5.69 Å². The summed E-state index contributed by atoms with van der Waals surface area (Å²) in [5.41, 5.74) is 3.26. The topological polar surface area (TPSA) is 21.3 Å². The minimum Gasteiger partial charge on any atom is -0.492 e. The maximum atomic E-state index is 6.24. The van der Waals surface area contributed by atoms with E-state index in [0.717, 1.165) is 22.0 Å². The van der Waals surface area contributed by atoms with Crippen LogP contribution in [0.15, 0.2) is 42.5 Å². The second-order valence-corrected chi connectivity index (χ2v) is 5.23. The molecule has 0 saturated carbocycles. The molecule has 1 atom stereocenters. The van der Waals surface area contributed by atoms with Gasteiger partial charge in [-0.25, -0.2) is 0 Å². The Kier molecular flexibility index (Phi) is 4.91. The van der Waals surface area contributed by atoms with Crippen molar-refractivity contribution in [2.24, 2.45) is 0 Å². The van der Waals surface area contributed by atoms with Crippen molar-refractivity contribution in [2.75, 3.05) is 11.9 Å². The molecule has 0 bridgehead atoms. The van der Waals surface area contributed by atoms with Crippen molar-refractivity contribution in [3.8, 4) is 5.75 Å². The van der Waals surface area contributed by atoms with Gasteiger partial charge in [0.1, 0.15) is 5.75 Å². The molecule has 1 N–H and O–H groups in total. The number of hydrogen-bond donors (Lipinski definition) is 1. The Balaban J connectivity index is 2.23. The second kappa shape index (κ2) is 6.67. The minimum atomic E-state index is 0.116. The summed E-state index contributed by atoms with van der Waals surface area (Å²) in [5.74, 6) is 0.881. The van der Waals surface area contributed by atoms with Gasteiger partial charge in [0.15, 0.2) is 0 Å². The second-order valence-electron chi connectivity index (χ2n) is 4.82. The standard InChI is InChI=1S/C17H20ClNO/c1-4-20-17-11-12(2)9-10-16(17)19-13(3)14-7-5-6-8-15(14)18/h5-11,13,19H,4H2,1-3H3. The zero-order valence-electron chi connectivity index (χ0n) is 12.1. The molecular formula is C17H20ClNO. The summed E-state index contributed by atoms with van der Waals surface area (Å²) in [4.78, 5) is 0. The summed E-state index contributed by atoms with van der Waals surface area (Å²) in [6.07, 6.45) is 0. The van der Waals surface area contributed by atoms with Gasteiger partial charge < -0.3 is 10.1 Å². The molecule has 0 heterocycles. The molecule has 2 aromatic carbocycles. The smallest absolute Gasteiger partial charge is 0.142 e. The van der Waals surface area contributed by atoms with Crippen LogP contribution in [0.5, 0.6) is 5.75 Å². The van der Waals surface area contributed by atoms with E-state index in [1.807, 2.05) is 43.3 Å². The van der Waals surface area contributed by atoms with Crippen LogP contribution in [0.25, 0.3) is 0 Å². The highest BCUT2D eigenvalue weighted by Gasteiger charge is 2.11. The van der Waals surface area contributed by atoms with Gasteiger partial charge in [-0.1, -0.05) is 35.9 Å². The van der Waals surface area contributed by atoms with E-state index in [0.29, 0.717) is 6.61 Å². The number of aryl methyl sites for hydroxylation is 1. The fraction of sp³-hybridized carbons (Fsp3) is 0.294. The average Bonchev–Trinajstić information content (AvgIpc) is 2.42. The first kappa shape index (κ1) is 14.7. The van der Waals surface area contributed by atoms with Gasteiger partial charge in [-0.15, -0.1) is 0 Å². The molecule has 3 heteroatoms. The van der Waals surface area contributed by atoms with Crippen LogP contribution in [-0.4, -0.2) is 6.61 Å². The molecule has 2 nitrogen and oxygen atoms in total. The van der Waals surface area contributed by atoms with Crippen LogP contribution in [-0.2, 0) is 0 Å². The monoisotopic (exact) mass is 289 g/mol. The van der Waals surface area contributed by atoms with E-state index < -0.39 is 0 Å². The molecule has 0 spiro atoms. The zero-order chi connectivity index (χ0) is 14.5. The fourth-order valence-corrected chi connectivity index (χ4v) is 2.46. The van der Waals surface area contributed by atoms with Crippen molar-refractivity contribution in [1.29, 1.82) is 0 Å². The number of halogens is 1. The Morgan fingerprint density at radius 3 is 2.65 bits per heavy atom. The summed E-state index contributed by atoms with van der Waals surface area (Å²) in [7, 11) is 0. The Hall–Kier alpha value is -1.67. The zero-order valence-corrected chi connectivity index (χ0v) is 12.9. The van der Waals surface area contributed by atoms with Crippen LogP contribution in [0.2, 0.25) is 5.02 Å². The van der Waals surface area contributed by atoms with Crippen molar-refractivity contribution in [3.05, 3.63) is 58.6 Å². The Labute approximate surface area is 125 Å². The maximum Gasteiger partial charge on any atom is 0.142 e. The molecule has 0 aromatic heterocycles. The van der Waals surface area contributed by atoms with E-state index in [-0.39, 0.29) is 6.04 Å². The van der Waals surface area contributed by atoms with Crippen LogP contribution >= 0.6 is 11.6 Å². The van der Waals surface area contributed by atoms with Crippen molar-refractivity contribution < 1.29 is 4.74 Å². The molecule has 0 radical (unpaired) electrons. The van der Waals surface area contributed by atoms with Gasteiger partial charge in [-0.05, 0) is 50.1 Å². The largest absolute Gasteiger partial charge is 0.492 e. The molecule has 1 unspecified atom stereocenters. The van der Waals surface area contributed by atoms with Gasteiger partial charge in [-0.2, -0.15) is 0 Å². The Morgan fingerprint density at radius 2 is 1.95 bits per heavy atom. The number of ether oxygens (including phenoxy) is 1. The van der Waals surface area contributed by atoms with E-state index in [4.69, 9.17) is 16.3 Å². The quantitative estimate of drug-likeness (QED) is 0.815. The summed E-state index contributed by atoms with van der Waals surface area (Å²) in [6, 6.07) is 14.2. The maximum absolute atomic E-state index is 6.24. The van der Waals surface area contributed by atoms with Gasteiger partial charge >= 0.3 is 0 Å². The van der Waals surface area contributed by atoms with Crippen LogP contribution < -0.4 is 10.1 Å². The predicted molar refractivity (Wildman–Crippen MR) is 85.8 cm³/mol. The van der Waals surface area contributed by atoms with E-state index in [1.54, 1.807) is 0 Å². The molecule has 106 valence electrons. The molecule has 2 aromatic rings. The average molecular weight is 290 g/mol. The van der Waals surface area contributed by atoms with E-state index in [1.165, 1.54) is 5.56 Å². The SMILES string of the molecule is CCOc1cc(C)ccc1NC(C)c1ccccc1Cl. The number of benzene rings is 2. The van der Waals surface area contributed by atoms with Crippen molar-refractivity contribution in [1.82, 2.24) is 0 Å². The third-order valence-corrected chi connectivity index (χ3v) is 3.52. The molecule has 2 rings (SSSR count). The lowest BCUT2D eigenvalue weighted by Gasteiger charge is -2.19. The summed E-state index contributed by atoms with van der Waals surface area (Å²) < 4.78 is 5.69. The van der Waals surface area contributed by atoms with Crippen molar-refractivity contribution in [3.63, 3.8) is 0 Å². The molecule has 0 saturated heterocycles. The molecular weight excluding hydrogens is 270 g/mol. The summed E-state index contributed by atoms with van der Waals surface area (Å²) in [6.45, 7) is 6.79. The summed E-state index contributed by atoms with van der Waals surface area (Å²) >= 11 is 6.24. The Bertz CT molecular complexity index is 583. The first-order chi connectivity index (χ1) is 9.61. The number of hydrogen-bond acceptors (Lipinski definition) is 2. The van der Waals surface area contributed by atoms with E-state index >= 15 is 0 Å². The van der Waals surface area contributed by atoms with E-state index in [2.05, 4.69) is 25.2 Å². The summed E-state index contributed by atoms with van der Waals surface area (Å²) in [5, 5.41) is 4.25. The Morgan fingerprint density at radius 1 is 1.20 bits per heavy atom. The van der Waals surface area contributed by atoms with Crippen molar-refractivity contribution >= 4 is 17.3 Å². The third kappa shape index (κ3) is 3.45. The van der Waals surface area contributed by atoms with Crippen LogP contribution in [0.3, 0.4) is 0 Å². The lowest BCUT2D eigenvalue weighted by atomic mass is 10.1. The van der Waals surface area contributed by atoms with Gasteiger partial charge in [0.25, 0.3) is 0 Å². The molecule has 0 aliphatic carbocycles. The first-order valence-corrected chi connectivity index (χ1v) is 7.24. The highest BCUT2D eigenvalue weighted by Crippen LogP contribution is 2.31. The lowest BCUT2D eigenvalue weighted by molar-refractivity contribution is 0.341. The molecule has 0 fully saturated rings. The number of rotatable bonds is 5. The molecule has 0 aliphatic rings. The predicted octanol–water partition coefficient (Wildman–Crippen LogP) is 5.22. The molecule has 20 heavy (non-hydrogen) atoms. The highest BCUT2D eigenvalue weighted by molar-refractivity contribution is 6.31. The third-order valence-electron chi connectivity index (χ3n) is 3.18. The van der Waals surface area contributed by atoms with E-state index in [9.17, 15) is 0 Å². The van der Waals surface area contributed by atoms with Crippen LogP contribution in [0.1, 0.15) is 31.0 Å². The van der Waals surface area contributed by atoms with Gasteiger partial charge in [0.05, 0.1) is 18.3 Å². The first-order valence-electron chi connectivity index (χ1n) is 6.86. The normalized spacial score (nSPS) is 12.0. The van der Waals surface area contributed by atoms with Gasteiger partial charge in [-0.3, -0.25) is 0 Å². The van der Waals surface area contributed by atoms with Gasteiger partial charge in [0.2, 0.25) is 0 Å². The highest BCUT2D eigenvalue weighted by atomic mass is 35.5. The fourth-order valence-electron chi connectivity index (χ4n) is 2.16. The lowest BCUT2D eigenvalue weighted by Crippen LogP contribution is -2.09. The molecule has 0 amide bonds. The van der Waals surface area contributed by atoms with Crippen LogP contribution in [0, 0.1) is 6.92 Å². The number of anilines is 1. The minimum absolute atomic E-state index is 0.116.